The number of anilines is 1. The summed E-state index contributed by atoms with van der Waals surface area (Å²) in [5.41, 5.74) is 5.23. The van der Waals surface area contributed by atoms with Gasteiger partial charge in [0.05, 0.1) is 10.6 Å². The largest absolute Gasteiger partial charge is 0.365 e. The van der Waals surface area contributed by atoms with Gasteiger partial charge in [-0.2, -0.15) is 0 Å². The predicted octanol–water partition coefficient (Wildman–Crippen LogP) is 2.10. The van der Waals surface area contributed by atoms with Gasteiger partial charge in [0.25, 0.3) is 15.9 Å². The fourth-order valence-electron chi connectivity index (χ4n) is 1.62. The van der Waals surface area contributed by atoms with Crippen LogP contribution in [0.5, 0.6) is 0 Å². The van der Waals surface area contributed by atoms with E-state index < -0.39 is 21.7 Å². The molecule has 3 N–H and O–H groups in total. The van der Waals surface area contributed by atoms with Crippen molar-refractivity contribution in [2.24, 2.45) is 5.73 Å². The Hall–Kier alpha value is -1.93. The van der Waals surface area contributed by atoms with Crippen LogP contribution in [-0.4, -0.2) is 14.3 Å². The molecular weight excluding hydrogens is 303 g/mol. The van der Waals surface area contributed by atoms with E-state index in [1.54, 1.807) is 6.92 Å². The highest BCUT2D eigenvalue weighted by molar-refractivity contribution is 7.93. The van der Waals surface area contributed by atoms with Crippen LogP contribution in [0.3, 0.4) is 0 Å². The predicted molar refractivity (Wildman–Crippen MR) is 74.8 cm³/mol. The molecule has 0 spiro atoms. The molecule has 0 saturated heterocycles. The van der Waals surface area contributed by atoms with E-state index in [0.29, 0.717) is 4.88 Å². The van der Waals surface area contributed by atoms with Crippen molar-refractivity contribution >= 4 is 33.0 Å². The molecule has 0 fully saturated rings. The molecule has 20 heavy (non-hydrogen) atoms. The van der Waals surface area contributed by atoms with Crippen molar-refractivity contribution in [1.82, 2.24) is 0 Å². The van der Waals surface area contributed by atoms with Gasteiger partial charge in [-0.15, -0.1) is 11.3 Å². The van der Waals surface area contributed by atoms with Crippen molar-refractivity contribution in [3.05, 3.63) is 45.9 Å². The molecule has 1 aromatic carbocycles. The molecule has 2 rings (SSSR count). The van der Waals surface area contributed by atoms with Gasteiger partial charge >= 0.3 is 0 Å². The molecule has 1 amide bonds. The van der Waals surface area contributed by atoms with Crippen molar-refractivity contribution in [1.29, 1.82) is 0 Å². The van der Waals surface area contributed by atoms with Crippen LogP contribution in [0.15, 0.2) is 35.2 Å². The zero-order valence-electron chi connectivity index (χ0n) is 10.4. The van der Waals surface area contributed by atoms with Gasteiger partial charge in [0.15, 0.2) is 0 Å². The second-order valence-corrected chi connectivity index (χ2v) is 6.92. The molecule has 2 aromatic rings. The van der Waals surface area contributed by atoms with E-state index in [-0.39, 0.29) is 15.5 Å². The van der Waals surface area contributed by atoms with Crippen LogP contribution in [0, 0.1) is 12.7 Å². The van der Waals surface area contributed by atoms with Crippen LogP contribution in [0.2, 0.25) is 0 Å². The molecule has 0 bridgehead atoms. The van der Waals surface area contributed by atoms with Gasteiger partial charge in [-0.1, -0.05) is 6.07 Å². The number of rotatable bonds is 4. The van der Waals surface area contributed by atoms with Gasteiger partial charge in [-0.05, 0) is 31.2 Å². The maximum absolute atomic E-state index is 13.0. The molecule has 8 heteroatoms. The average molecular weight is 314 g/mol. The number of nitrogens with two attached hydrogens (primary N) is 1. The van der Waals surface area contributed by atoms with Crippen LogP contribution in [0.25, 0.3) is 0 Å². The number of hydrogen-bond acceptors (Lipinski definition) is 4. The average Bonchev–Trinajstić information content (AvgIpc) is 2.71. The highest BCUT2D eigenvalue weighted by atomic mass is 32.2. The first-order valence-electron chi connectivity index (χ1n) is 5.48. The van der Waals surface area contributed by atoms with Crippen molar-refractivity contribution in [3.63, 3.8) is 0 Å². The zero-order valence-corrected chi connectivity index (χ0v) is 12.0. The van der Waals surface area contributed by atoms with E-state index in [9.17, 15) is 17.6 Å². The Labute approximate surface area is 119 Å². The number of amides is 1. The number of primary amides is 1. The Balaban J connectivity index is 2.38. The Morgan fingerprint density at radius 1 is 1.35 bits per heavy atom. The molecule has 106 valence electrons. The third-order valence-electron chi connectivity index (χ3n) is 2.48. The molecule has 0 radical (unpaired) electrons. The van der Waals surface area contributed by atoms with Gasteiger partial charge in [0.1, 0.15) is 10.7 Å². The summed E-state index contributed by atoms with van der Waals surface area (Å²) in [5.74, 6) is -1.24. The van der Waals surface area contributed by atoms with Gasteiger partial charge < -0.3 is 5.73 Å². The van der Waals surface area contributed by atoms with Crippen LogP contribution in [0.4, 0.5) is 10.1 Å². The minimum Gasteiger partial charge on any atom is -0.365 e. The number of nitrogens with one attached hydrogen (secondary N) is 1. The standard InChI is InChI=1S/C12H11FN2O3S2/c1-7-11(6-10(19-7)12(14)16)20(17,18)15-9-4-2-3-8(13)5-9/h2-6,15H,1H3,(H2,14,16). The highest BCUT2D eigenvalue weighted by Crippen LogP contribution is 2.27. The first-order chi connectivity index (χ1) is 9.29. The molecule has 0 unspecified atom stereocenters. The van der Waals surface area contributed by atoms with Crippen LogP contribution in [0.1, 0.15) is 14.5 Å². The Morgan fingerprint density at radius 3 is 2.60 bits per heavy atom. The number of thiophene rings is 1. The van der Waals surface area contributed by atoms with Gasteiger partial charge in [-0.25, -0.2) is 12.8 Å². The number of sulfonamides is 1. The second kappa shape index (κ2) is 5.22. The summed E-state index contributed by atoms with van der Waals surface area (Å²) in [5, 5.41) is 0. The molecule has 0 aliphatic rings. The first-order valence-corrected chi connectivity index (χ1v) is 7.78. The van der Waals surface area contributed by atoms with Crippen LogP contribution >= 0.6 is 11.3 Å². The molecule has 0 aliphatic heterocycles. The van der Waals surface area contributed by atoms with Gasteiger partial charge in [-0.3, -0.25) is 9.52 Å². The third kappa shape index (κ3) is 2.97. The van der Waals surface area contributed by atoms with Crippen LogP contribution < -0.4 is 10.5 Å². The van der Waals surface area contributed by atoms with E-state index in [4.69, 9.17) is 5.73 Å². The molecule has 1 aromatic heterocycles. The normalized spacial score (nSPS) is 11.3. The third-order valence-corrected chi connectivity index (χ3v) is 5.18. The molecule has 0 atom stereocenters. The fourth-order valence-corrected chi connectivity index (χ4v) is 4.11. The summed E-state index contributed by atoms with van der Waals surface area (Å²) in [4.78, 5) is 11.6. The summed E-state index contributed by atoms with van der Waals surface area (Å²) in [6.45, 7) is 1.57. The maximum atomic E-state index is 13.0. The molecule has 0 aliphatic carbocycles. The SMILES string of the molecule is Cc1sc(C(N)=O)cc1S(=O)(=O)Nc1cccc(F)c1. The summed E-state index contributed by atoms with van der Waals surface area (Å²) >= 11 is 0.995. The van der Waals surface area contributed by atoms with Gasteiger partial charge in [0, 0.05) is 4.88 Å². The Morgan fingerprint density at radius 2 is 2.05 bits per heavy atom. The van der Waals surface area contributed by atoms with Crippen molar-refractivity contribution < 1.29 is 17.6 Å². The first kappa shape index (κ1) is 14.5. The topological polar surface area (TPSA) is 89.3 Å². The monoisotopic (exact) mass is 314 g/mol. The number of carbonyl (C=O) groups excluding carboxylic acids is 1. The number of aryl methyl sites for hydroxylation is 1. The maximum Gasteiger partial charge on any atom is 0.263 e. The Bertz CT molecular complexity index is 769. The zero-order chi connectivity index (χ0) is 14.9. The highest BCUT2D eigenvalue weighted by Gasteiger charge is 2.21. The minimum absolute atomic E-state index is 0.0411. The number of carbonyl (C=O) groups is 1. The van der Waals surface area contributed by atoms with E-state index in [1.807, 2.05) is 0 Å². The molecule has 5 nitrogen and oxygen atoms in total. The number of hydrogen-bond donors (Lipinski definition) is 2. The molecule has 1 heterocycles. The Kier molecular flexibility index (Phi) is 3.78. The van der Waals surface area contributed by atoms with Crippen molar-refractivity contribution in [2.45, 2.75) is 11.8 Å². The van der Waals surface area contributed by atoms with E-state index >= 15 is 0 Å². The lowest BCUT2D eigenvalue weighted by molar-refractivity contribution is 0.100. The molecule has 0 saturated carbocycles. The second-order valence-electron chi connectivity index (χ2n) is 4.01. The summed E-state index contributed by atoms with van der Waals surface area (Å²) in [6, 6.07) is 6.30. The number of benzene rings is 1. The lowest BCUT2D eigenvalue weighted by atomic mass is 10.3. The van der Waals surface area contributed by atoms with Crippen LogP contribution in [-0.2, 0) is 10.0 Å². The summed E-state index contributed by atoms with van der Waals surface area (Å²) in [7, 11) is -3.89. The fraction of sp³-hybridized carbons (Fsp3) is 0.0833. The smallest absolute Gasteiger partial charge is 0.263 e. The summed E-state index contributed by atoms with van der Waals surface area (Å²) < 4.78 is 39.7. The molecular formula is C12H11FN2O3S2. The lowest BCUT2D eigenvalue weighted by Crippen LogP contribution is -2.13. The van der Waals surface area contributed by atoms with Crippen molar-refractivity contribution in [2.75, 3.05) is 4.72 Å². The van der Waals surface area contributed by atoms with E-state index in [0.717, 1.165) is 17.4 Å². The quantitative estimate of drug-likeness (QED) is 0.905. The van der Waals surface area contributed by atoms with E-state index in [1.165, 1.54) is 24.3 Å². The van der Waals surface area contributed by atoms with Gasteiger partial charge in [0.2, 0.25) is 0 Å². The van der Waals surface area contributed by atoms with Crippen molar-refractivity contribution in [3.8, 4) is 0 Å². The lowest BCUT2D eigenvalue weighted by Gasteiger charge is -2.07. The number of halogens is 1. The van der Waals surface area contributed by atoms with E-state index in [2.05, 4.69) is 4.72 Å². The minimum atomic E-state index is -3.89. The summed E-state index contributed by atoms with van der Waals surface area (Å²) in [6.07, 6.45) is 0.